The third-order valence-electron chi connectivity index (χ3n) is 10.1. The summed E-state index contributed by atoms with van der Waals surface area (Å²) in [5, 5.41) is 18.4. The van der Waals surface area contributed by atoms with Gasteiger partial charge in [-0.1, -0.05) is 12.1 Å². The number of nitrogens with zero attached hydrogens (tertiary/aromatic N) is 5. The van der Waals surface area contributed by atoms with Crippen LogP contribution < -0.4 is 32.3 Å². The minimum atomic E-state index is -1.28. The Morgan fingerprint density at radius 3 is 2.35 bits per heavy atom. The lowest BCUT2D eigenvalue weighted by Crippen LogP contribution is -2.84. The third-order valence-corrected chi connectivity index (χ3v) is 10.1. The first-order chi connectivity index (χ1) is 24.3. The van der Waals surface area contributed by atoms with Crippen LogP contribution in [0.3, 0.4) is 0 Å². The summed E-state index contributed by atoms with van der Waals surface area (Å²) in [6.07, 6.45) is 4.42. The molecule has 0 spiro atoms. The molecule has 4 aromatic rings. The molecule has 0 unspecified atom stereocenters. The lowest BCUT2D eigenvalue weighted by molar-refractivity contribution is -0.150. The number of hydrogen-bond donors (Lipinski definition) is 6. The van der Waals surface area contributed by atoms with Gasteiger partial charge in [0, 0.05) is 35.8 Å². The van der Waals surface area contributed by atoms with E-state index < -0.39 is 28.9 Å². The van der Waals surface area contributed by atoms with Gasteiger partial charge in [-0.05, 0) is 80.5 Å². The lowest BCUT2D eigenvalue weighted by atomic mass is 9.44. The summed E-state index contributed by atoms with van der Waals surface area (Å²) in [4.78, 5) is 69.5. The van der Waals surface area contributed by atoms with Crippen LogP contribution in [0.25, 0.3) is 11.2 Å². The van der Waals surface area contributed by atoms with Crippen molar-refractivity contribution in [3.63, 3.8) is 0 Å². The second-order valence-corrected chi connectivity index (χ2v) is 14.0. The molecule has 0 saturated heterocycles. The summed E-state index contributed by atoms with van der Waals surface area (Å²) in [5.74, 6) is -2.51. The molecule has 16 heteroatoms. The van der Waals surface area contributed by atoms with E-state index in [1.165, 1.54) is 12.1 Å². The van der Waals surface area contributed by atoms with Gasteiger partial charge in [0.25, 0.3) is 5.91 Å². The molecular weight excluding hydrogens is 659 g/mol. The van der Waals surface area contributed by atoms with Crippen LogP contribution in [0.1, 0.15) is 66.6 Å². The van der Waals surface area contributed by atoms with Crippen LogP contribution in [-0.2, 0) is 26.3 Å². The average Bonchev–Trinajstić information content (AvgIpc) is 3.88. The summed E-state index contributed by atoms with van der Waals surface area (Å²) in [5.41, 5.74) is 12.9. The van der Waals surface area contributed by atoms with E-state index in [2.05, 4.69) is 35.9 Å². The molecule has 3 amide bonds. The zero-order valence-electron chi connectivity index (χ0n) is 27.8. The molecule has 4 aliphatic carbocycles. The number of benzene rings is 2. The van der Waals surface area contributed by atoms with E-state index in [1.54, 1.807) is 42.6 Å². The number of anilines is 3. The highest BCUT2D eigenvalue weighted by Gasteiger charge is 2.70. The molecule has 0 aliphatic heterocycles. The number of nitrogens with two attached hydrogens (primary N) is 2. The molecule has 51 heavy (non-hydrogen) atoms. The molecule has 264 valence electrons. The quantitative estimate of drug-likeness (QED) is 0.118. The maximum absolute atomic E-state index is 13.8. The fourth-order valence-electron chi connectivity index (χ4n) is 7.36. The summed E-state index contributed by atoms with van der Waals surface area (Å²) in [6.45, 7) is 0.357. The van der Waals surface area contributed by atoms with Crippen molar-refractivity contribution >= 4 is 52.3 Å². The first-order valence-electron chi connectivity index (χ1n) is 16.6. The molecule has 4 fully saturated rings. The summed E-state index contributed by atoms with van der Waals surface area (Å²) in [7, 11) is 1.83. The van der Waals surface area contributed by atoms with E-state index in [0.717, 1.165) is 5.69 Å². The summed E-state index contributed by atoms with van der Waals surface area (Å²) in [6, 6.07) is 11.5. The number of carbonyl (C=O) groups is 4. The third kappa shape index (κ3) is 6.56. The van der Waals surface area contributed by atoms with Crippen molar-refractivity contribution in [3.05, 3.63) is 77.4 Å². The molecule has 8 N–H and O–H groups in total. The fraction of sp³-hybridized carbons (Fsp3) is 0.371. The van der Waals surface area contributed by atoms with Gasteiger partial charge in [-0.25, -0.2) is 19.2 Å². The summed E-state index contributed by atoms with van der Waals surface area (Å²) >= 11 is 0. The van der Waals surface area contributed by atoms with E-state index >= 15 is 0 Å². The van der Waals surface area contributed by atoms with Crippen molar-refractivity contribution in [1.29, 1.82) is 0 Å². The highest BCUT2D eigenvalue weighted by atomic mass is 19.1. The Hall–Kier alpha value is -5.93. The standard InChI is InChI=1S/C35H37FN10O5/c1-46(15-22-14-39-28-26(40-22)27(37)42-32(38)43-28)23-7-5-19(6-8-23)29(48)41-24(30(49)50)9-10-25(47)44-33-16-34(17-33,18-33)45-31(51)35(11-12-35)20-3-2-4-21(36)13-20/h2-8,13-14,24H,9-12,15-18H2,1H3,(H,41,48)(H,44,47)(H,45,51)(H,49,50)(H4,37,38,39,42,43)/t24-,33?,34?/m0/s1. The van der Waals surface area contributed by atoms with Crippen LogP contribution in [0, 0.1) is 5.82 Å². The van der Waals surface area contributed by atoms with Crippen LogP contribution in [0.2, 0.25) is 0 Å². The van der Waals surface area contributed by atoms with E-state index in [4.69, 9.17) is 11.5 Å². The van der Waals surface area contributed by atoms with Crippen LogP contribution in [0.15, 0.2) is 54.7 Å². The van der Waals surface area contributed by atoms with Gasteiger partial charge in [0.15, 0.2) is 17.0 Å². The number of halogens is 1. The Labute approximate surface area is 291 Å². The second-order valence-electron chi connectivity index (χ2n) is 14.0. The Morgan fingerprint density at radius 1 is 0.980 bits per heavy atom. The van der Waals surface area contributed by atoms with Gasteiger partial charge in [-0.3, -0.25) is 14.4 Å². The molecule has 2 aromatic carbocycles. The first kappa shape index (κ1) is 33.6. The topological polar surface area (TPSA) is 231 Å². The smallest absolute Gasteiger partial charge is 0.326 e. The maximum Gasteiger partial charge on any atom is 0.326 e. The van der Waals surface area contributed by atoms with Crippen LogP contribution in [0.4, 0.5) is 21.8 Å². The number of rotatable bonds is 13. The lowest BCUT2D eigenvalue weighted by Gasteiger charge is -2.70. The number of carboxylic acid groups (broad SMARTS) is 1. The Kier molecular flexibility index (Phi) is 8.19. The van der Waals surface area contributed by atoms with Gasteiger partial charge in [0.2, 0.25) is 17.8 Å². The normalized spacial score (nSPS) is 21.4. The van der Waals surface area contributed by atoms with Gasteiger partial charge < -0.3 is 37.4 Å². The van der Waals surface area contributed by atoms with Crippen LogP contribution in [0.5, 0.6) is 0 Å². The largest absolute Gasteiger partial charge is 0.480 e. The molecule has 2 bridgehead atoms. The van der Waals surface area contributed by atoms with E-state index in [-0.39, 0.29) is 53.3 Å². The number of carboxylic acids is 1. The van der Waals surface area contributed by atoms with Crippen LogP contribution >= 0.6 is 0 Å². The molecule has 1 atom stereocenters. The number of nitrogen functional groups attached to an aromatic ring is 2. The Morgan fingerprint density at radius 2 is 1.69 bits per heavy atom. The maximum atomic E-state index is 13.8. The highest BCUT2D eigenvalue weighted by molar-refractivity contribution is 5.97. The van der Waals surface area contributed by atoms with Crippen molar-refractivity contribution in [1.82, 2.24) is 35.9 Å². The number of aliphatic carboxylic acids is 1. The van der Waals surface area contributed by atoms with Crippen LogP contribution in [-0.4, -0.2) is 72.9 Å². The average molecular weight is 697 g/mol. The molecule has 15 nitrogen and oxygen atoms in total. The molecule has 4 aliphatic rings. The van der Waals surface area contributed by atoms with Gasteiger partial charge in [0.05, 0.1) is 23.9 Å². The van der Waals surface area contributed by atoms with Crippen molar-refractivity contribution in [2.24, 2.45) is 0 Å². The minimum absolute atomic E-state index is 0.00827. The predicted molar refractivity (Wildman–Crippen MR) is 184 cm³/mol. The van der Waals surface area contributed by atoms with Crippen molar-refractivity contribution in [2.45, 2.75) is 74.0 Å². The van der Waals surface area contributed by atoms with Gasteiger partial charge in [-0.2, -0.15) is 9.97 Å². The number of nitrogens with one attached hydrogen (secondary N) is 3. The van der Waals surface area contributed by atoms with E-state index in [0.29, 0.717) is 61.1 Å². The predicted octanol–water partition coefficient (Wildman–Crippen LogP) is 1.96. The molecule has 8 rings (SSSR count). The highest BCUT2D eigenvalue weighted by Crippen LogP contribution is 2.61. The number of aromatic nitrogens is 4. The van der Waals surface area contributed by atoms with Gasteiger partial charge in [0.1, 0.15) is 11.9 Å². The second kappa shape index (κ2) is 12.4. The summed E-state index contributed by atoms with van der Waals surface area (Å²) < 4.78 is 13.8. The van der Waals surface area contributed by atoms with E-state index in [1.807, 2.05) is 11.9 Å². The molecule has 2 aromatic heterocycles. The minimum Gasteiger partial charge on any atom is -0.480 e. The van der Waals surface area contributed by atoms with Crippen molar-refractivity contribution < 1.29 is 28.7 Å². The van der Waals surface area contributed by atoms with Crippen molar-refractivity contribution in [3.8, 4) is 0 Å². The van der Waals surface area contributed by atoms with E-state index in [9.17, 15) is 28.7 Å². The molecule has 4 saturated carbocycles. The van der Waals surface area contributed by atoms with Crippen molar-refractivity contribution in [2.75, 3.05) is 23.4 Å². The van der Waals surface area contributed by atoms with Gasteiger partial charge in [-0.15, -0.1) is 0 Å². The molecule has 2 heterocycles. The SMILES string of the molecule is CN(Cc1cnc2nc(N)nc(N)c2n1)c1ccc(C(=O)N[C@@H](CCC(=O)NC23CC(NC(=O)C4(c5cccc(F)c5)CC4)(C2)C3)C(=O)O)cc1. The number of amides is 3. The fourth-order valence-corrected chi connectivity index (χ4v) is 7.36. The zero-order chi connectivity index (χ0) is 36.1. The number of carbonyl (C=O) groups excluding carboxylic acids is 3. The zero-order valence-corrected chi connectivity index (χ0v) is 27.8. The first-order valence-corrected chi connectivity index (χ1v) is 16.6. The Bertz CT molecular complexity index is 2050. The molecular formula is C35H37FN10O5. The van der Waals surface area contributed by atoms with Gasteiger partial charge >= 0.3 is 5.97 Å². The number of fused-ring (bicyclic) bond motifs is 1. The molecule has 0 radical (unpaired) electrons. The number of hydrogen-bond acceptors (Lipinski definition) is 11. The Balaban J connectivity index is 0.871. The monoisotopic (exact) mass is 696 g/mol.